The van der Waals surface area contributed by atoms with E-state index in [4.69, 9.17) is 0 Å². The lowest BCUT2D eigenvalue weighted by Crippen LogP contribution is -2.55. The molecule has 1 unspecified atom stereocenters. The normalized spacial score (nSPS) is 23.8. The number of nitriles is 1. The van der Waals surface area contributed by atoms with Crippen LogP contribution < -0.4 is 0 Å². The monoisotopic (exact) mass is 412 g/mol. The molecule has 0 aromatic heterocycles. The number of imide groups is 1. The van der Waals surface area contributed by atoms with Gasteiger partial charge in [-0.05, 0) is 32.1 Å². The number of carbonyl (C=O) groups is 2. The minimum Gasteiger partial charge on any atom is -0.369 e. The SMILES string of the molecule is C=C/C=C\C1=C(C)S\C(=C(C#N)/C=C/C=C2\C(=O)N(C)C(=O)N(C)C2O)N1CC. The van der Waals surface area contributed by atoms with Crippen LogP contribution in [0.25, 0.3) is 0 Å². The second-order valence-electron chi connectivity index (χ2n) is 6.33. The van der Waals surface area contributed by atoms with Crippen molar-refractivity contribution in [1.82, 2.24) is 14.7 Å². The Morgan fingerprint density at radius 1 is 1.34 bits per heavy atom. The van der Waals surface area contributed by atoms with Crippen molar-refractivity contribution in [2.75, 3.05) is 20.6 Å². The lowest BCUT2D eigenvalue weighted by atomic mass is 10.1. The lowest BCUT2D eigenvalue weighted by molar-refractivity contribution is -0.128. The number of likely N-dealkylation sites (N-methyl/N-ethyl adjacent to an activating group) is 3. The molecule has 0 aromatic rings. The van der Waals surface area contributed by atoms with Gasteiger partial charge < -0.3 is 10.0 Å². The van der Waals surface area contributed by atoms with E-state index in [2.05, 4.69) is 12.6 Å². The van der Waals surface area contributed by atoms with Crippen LogP contribution in [0.3, 0.4) is 0 Å². The Kier molecular flexibility index (Phi) is 7.26. The highest BCUT2D eigenvalue weighted by molar-refractivity contribution is 8.06. The van der Waals surface area contributed by atoms with E-state index in [1.54, 1.807) is 18.2 Å². The van der Waals surface area contributed by atoms with Crippen molar-refractivity contribution in [3.05, 3.63) is 69.8 Å². The predicted octanol–water partition coefficient (Wildman–Crippen LogP) is 3.09. The molecule has 7 nitrogen and oxygen atoms in total. The van der Waals surface area contributed by atoms with Crippen LogP contribution in [-0.4, -0.2) is 58.6 Å². The Labute approximate surface area is 175 Å². The van der Waals surface area contributed by atoms with Gasteiger partial charge in [-0.15, -0.1) is 0 Å². The van der Waals surface area contributed by atoms with E-state index in [-0.39, 0.29) is 5.57 Å². The predicted molar refractivity (Wildman–Crippen MR) is 114 cm³/mol. The molecule has 2 rings (SSSR count). The third kappa shape index (κ3) is 4.36. The molecule has 2 aliphatic rings. The minimum atomic E-state index is -1.33. The minimum absolute atomic E-state index is 0.0588. The van der Waals surface area contributed by atoms with Crippen molar-refractivity contribution >= 4 is 23.7 Å². The van der Waals surface area contributed by atoms with E-state index in [0.717, 1.165) is 25.4 Å². The first-order valence-corrected chi connectivity index (χ1v) is 9.81. The molecule has 0 radical (unpaired) electrons. The standard InChI is InChI=1S/C21H24N4O3S/c1-6-8-12-17-14(3)29-20(25(17)7-2)15(13-22)10-9-11-16-18(26)23(4)21(28)24(5)19(16)27/h6,8-12,18,26H,1,7H2,2-5H3/b10-9+,12-8-,16-11-,20-15+. The number of carbonyl (C=O) groups excluding carboxylic acids is 2. The summed E-state index contributed by atoms with van der Waals surface area (Å²) in [6, 6.07) is 1.62. The zero-order chi connectivity index (χ0) is 21.7. The Morgan fingerprint density at radius 3 is 2.62 bits per heavy atom. The van der Waals surface area contributed by atoms with E-state index in [1.807, 2.05) is 30.9 Å². The third-order valence-corrected chi connectivity index (χ3v) is 5.68. The van der Waals surface area contributed by atoms with Gasteiger partial charge in [-0.25, -0.2) is 4.79 Å². The fraction of sp³-hybridized carbons (Fsp3) is 0.286. The summed E-state index contributed by atoms with van der Waals surface area (Å²) in [5, 5.41) is 20.7. The van der Waals surface area contributed by atoms with E-state index < -0.39 is 18.2 Å². The second kappa shape index (κ2) is 9.45. The summed E-state index contributed by atoms with van der Waals surface area (Å²) < 4.78 is 0. The van der Waals surface area contributed by atoms with Crippen LogP contribution in [0.1, 0.15) is 13.8 Å². The van der Waals surface area contributed by atoms with Crippen molar-refractivity contribution < 1.29 is 14.7 Å². The summed E-state index contributed by atoms with van der Waals surface area (Å²) in [7, 11) is 2.77. The quantitative estimate of drug-likeness (QED) is 0.424. The molecule has 1 saturated heterocycles. The highest BCUT2D eigenvalue weighted by Gasteiger charge is 2.37. The summed E-state index contributed by atoms with van der Waals surface area (Å²) >= 11 is 1.51. The molecule has 0 spiro atoms. The number of nitrogens with zero attached hydrogens (tertiary/aromatic N) is 4. The van der Waals surface area contributed by atoms with Gasteiger partial charge >= 0.3 is 6.03 Å². The molecule has 1 atom stereocenters. The van der Waals surface area contributed by atoms with Gasteiger partial charge in [0.25, 0.3) is 5.91 Å². The number of hydrogen-bond acceptors (Lipinski definition) is 6. The summed E-state index contributed by atoms with van der Waals surface area (Å²) in [5.74, 6) is -0.573. The summed E-state index contributed by atoms with van der Waals surface area (Å²) in [6.07, 6.45) is 8.74. The first-order chi connectivity index (χ1) is 13.8. The highest BCUT2D eigenvalue weighted by atomic mass is 32.2. The molecule has 1 fully saturated rings. The van der Waals surface area contributed by atoms with Gasteiger partial charge in [0.2, 0.25) is 0 Å². The van der Waals surface area contributed by atoms with E-state index in [0.29, 0.717) is 12.1 Å². The fourth-order valence-corrected chi connectivity index (χ4v) is 4.07. The molecule has 8 heteroatoms. The molecule has 2 heterocycles. The van der Waals surface area contributed by atoms with Gasteiger partial charge in [-0.2, -0.15) is 5.26 Å². The van der Waals surface area contributed by atoms with E-state index in [9.17, 15) is 20.0 Å². The molecule has 0 bridgehead atoms. The van der Waals surface area contributed by atoms with E-state index >= 15 is 0 Å². The molecule has 152 valence electrons. The van der Waals surface area contributed by atoms with Crippen molar-refractivity contribution in [3.8, 4) is 6.07 Å². The van der Waals surface area contributed by atoms with Gasteiger partial charge in [-0.3, -0.25) is 14.6 Å². The first kappa shape index (κ1) is 22.3. The van der Waals surface area contributed by atoms with Crippen molar-refractivity contribution in [3.63, 3.8) is 0 Å². The maximum absolute atomic E-state index is 12.3. The van der Waals surface area contributed by atoms with Crippen LogP contribution in [0.5, 0.6) is 0 Å². The maximum Gasteiger partial charge on any atom is 0.328 e. The van der Waals surface area contributed by atoms with Gasteiger partial charge in [0.1, 0.15) is 6.07 Å². The summed E-state index contributed by atoms with van der Waals surface area (Å²) in [4.78, 5) is 29.2. The average molecular weight is 413 g/mol. The van der Waals surface area contributed by atoms with Gasteiger partial charge in [0.05, 0.1) is 21.9 Å². The average Bonchev–Trinajstić information content (AvgIpc) is 3.03. The highest BCUT2D eigenvalue weighted by Crippen LogP contribution is 2.43. The molecule has 3 amide bonds. The topological polar surface area (TPSA) is 87.9 Å². The number of aliphatic hydroxyl groups is 1. The third-order valence-electron chi connectivity index (χ3n) is 4.53. The molecule has 0 aliphatic carbocycles. The van der Waals surface area contributed by atoms with Crippen LogP contribution in [-0.2, 0) is 4.79 Å². The number of amides is 3. The molecular formula is C21H24N4O3S. The summed E-state index contributed by atoms with van der Waals surface area (Å²) in [6.45, 7) is 8.36. The van der Waals surface area contributed by atoms with Crippen molar-refractivity contribution in [2.24, 2.45) is 0 Å². The Bertz CT molecular complexity index is 921. The smallest absolute Gasteiger partial charge is 0.328 e. The Balaban J connectivity index is 2.35. The van der Waals surface area contributed by atoms with Crippen LogP contribution in [0.15, 0.2) is 69.8 Å². The number of urea groups is 1. The number of aliphatic hydroxyl groups excluding tert-OH is 1. The molecule has 1 N–H and O–H groups in total. The zero-order valence-electron chi connectivity index (χ0n) is 16.9. The van der Waals surface area contributed by atoms with Crippen LogP contribution in [0, 0.1) is 11.3 Å². The van der Waals surface area contributed by atoms with Gasteiger partial charge in [0, 0.05) is 25.5 Å². The zero-order valence-corrected chi connectivity index (χ0v) is 17.7. The first-order valence-electron chi connectivity index (χ1n) is 8.99. The molecule has 29 heavy (non-hydrogen) atoms. The lowest BCUT2D eigenvalue weighted by Gasteiger charge is -2.34. The maximum atomic E-state index is 12.3. The number of allylic oxidation sites excluding steroid dienone is 8. The molecule has 0 aromatic carbocycles. The largest absolute Gasteiger partial charge is 0.369 e. The fourth-order valence-electron chi connectivity index (χ4n) is 2.94. The van der Waals surface area contributed by atoms with Crippen molar-refractivity contribution in [1.29, 1.82) is 5.26 Å². The van der Waals surface area contributed by atoms with Crippen LogP contribution in [0.4, 0.5) is 4.79 Å². The van der Waals surface area contributed by atoms with Gasteiger partial charge in [0.15, 0.2) is 6.23 Å². The van der Waals surface area contributed by atoms with Crippen LogP contribution >= 0.6 is 11.8 Å². The Hall–Kier alpha value is -3.02. The summed E-state index contributed by atoms with van der Waals surface area (Å²) in [5.41, 5.74) is 1.50. The van der Waals surface area contributed by atoms with Gasteiger partial charge in [-0.1, -0.05) is 36.6 Å². The van der Waals surface area contributed by atoms with Crippen molar-refractivity contribution in [2.45, 2.75) is 20.1 Å². The molecule has 2 aliphatic heterocycles. The van der Waals surface area contributed by atoms with Crippen LogP contribution in [0.2, 0.25) is 0 Å². The number of thioether (sulfide) groups is 1. The molecule has 0 saturated carbocycles. The number of rotatable bonds is 5. The Morgan fingerprint density at radius 2 is 2.03 bits per heavy atom. The van der Waals surface area contributed by atoms with E-state index in [1.165, 1.54) is 31.9 Å². The second-order valence-corrected chi connectivity index (χ2v) is 7.53. The molecular weight excluding hydrogens is 388 g/mol. The number of hydrogen-bond donors (Lipinski definition) is 1.